The van der Waals surface area contributed by atoms with Crippen LogP contribution in [-0.4, -0.2) is 23.9 Å². The van der Waals surface area contributed by atoms with Crippen molar-refractivity contribution in [2.75, 3.05) is 18.0 Å². The van der Waals surface area contributed by atoms with Crippen LogP contribution in [0.4, 0.5) is 19.0 Å². The molecule has 7 heteroatoms. The van der Waals surface area contributed by atoms with Gasteiger partial charge in [0.05, 0.1) is 5.56 Å². The first-order valence-electron chi connectivity index (χ1n) is 7.00. The Balaban J connectivity index is 2.41. The van der Waals surface area contributed by atoms with Crippen molar-refractivity contribution in [3.05, 3.63) is 23.4 Å². The average Bonchev–Trinajstić information content (AvgIpc) is 3.20. The minimum atomic E-state index is -4.50. The van der Waals surface area contributed by atoms with Crippen LogP contribution in [0.5, 0.6) is 0 Å². The van der Waals surface area contributed by atoms with Crippen molar-refractivity contribution in [2.24, 2.45) is 11.7 Å². The molecule has 1 aromatic heterocycles. The van der Waals surface area contributed by atoms with Crippen LogP contribution < -0.4 is 10.6 Å². The molecule has 0 aromatic carbocycles. The number of nitrogens with zero attached hydrogens (tertiary/aromatic N) is 2. The quantitative estimate of drug-likeness (QED) is 0.627. The highest BCUT2D eigenvalue weighted by Crippen LogP contribution is 2.34. The van der Waals surface area contributed by atoms with E-state index >= 15 is 0 Å². The molecule has 1 aliphatic carbocycles. The zero-order chi connectivity index (χ0) is 15.6. The van der Waals surface area contributed by atoms with Crippen molar-refractivity contribution in [3.63, 3.8) is 0 Å². The normalized spacial score (nSPS) is 15.0. The van der Waals surface area contributed by atoms with Crippen LogP contribution in [-0.2, 0) is 6.18 Å². The molecule has 0 aliphatic heterocycles. The first kappa shape index (κ1) is 15.6. The van der Waals surface area contributed by atoms with E-state index in [9.17, 15) is 13.2 Å². The van der Waals surface area contributed by atoms with Gasteiger partial charge in [0.1, 0.15) is 17.3 Å². The van der Waals surface area contributed by atoms with Crippen LogP contribution in [0.25, 0.3) is 0 Å². The van der Waals surface area contributed by atoms with E-state index in [2.05, 4.69) is 4.98 Å². The minimum Gasteiger partial charge on any atom is -0.384 e. The summed E-state index contributed by atoms with van der Waals surface area (Å²) in [5.41, 5.74) is 4.81. The zero-order valence-corrected chi connectivity index (χ0v) is 11.9. The van der Waals surface area contributed by atoms with Gasteiger partial charge in [0.2, 0.25) is 0 Å². The Morgan fingerprint density at radius 3 is 2.57 bits per heavy atom. The van der Waals surface area contributed by atoms with Crippen LogP contribution in [0.3, 0.4) is 0 Å². The highest BCUT2D eigenvalue weighted by molar-refractivity contribution is 5.99. The summed E-state index contributed by atoms with van der Waals surface area (Å²) >= 11 is 0. The second-order valence-electron chi connectivity index (χ2n) is 5.37. The summed E-state index contributed by atoms with van der Waals surface area (Å²) in [7, 11) is 0. The predicted molar refractivity (Wildman–Crippen MR) is 75.5 cm³/mol. The molecule has 116 valence electrons. The van der Waals surface area contributed by atoms with E-state index < -0.39 is 11.9 Å². The molecule has 1 heterocycles. The van der Waals surface area contributed by atoms with E-state index in [0.717, 1.165) is 25.3 Å². The van der Waals surface area contributed by atoms with E-state index in [-0.39, 0.29) is 17.2 Å². The molecular weight excluding hydrogens is 281 g/mol. The summed E-state index contributed by atoms with van der Waals surface area (Å²) in [5, 5.41) is 7.56. The van der Waals surface area contributed by atoms with Crippen molar-refractivity contribution in [1.82, 2.24) is 4.98 Å². The van der Waals surface area contributed by atoms with E-state index in [1.165, 1.54) is 6.07 Å². The van der Waals surface area contributed by atoms with Gasteiger partial charge >= 0.3 is 6.18 Å². The number of rotatable bonds is 6. The van der Waals surface area contributed by atoms with Crippen LogP contribution in [0.2, 0.25) is 0 Å². The Morgan fingerprint density at radius 1 is 1.43 bits per heavy atom. The average molecular weight is 300 g/mol. The molecule has 1 aromatic rings. The number of nitrogens with two attached hydrogens (primary N) is 1. The fourth-order valence-electron chi connectivity index (χ4n) is 2.22. The summed E-state index contributed by atoms with van der Waals surface area (Å²) in [6.45, 7) is 3.23. The van der Waals surface area contributed by atoms with E-state index in [1.807, 2.05) is 11.8 Å². The van der Waals surface area contributed by atoms with Crippen LogP contribution in [0, 0.1) is 11.3 Å². The number of nitrogens with one attached hydrogen (secondary N) is 1. The highest BCUT2D eigenvalue weighted by Gasteiger charge is 2.34. The van der Waals surface area contributed by atoms with Gasteiger partial charge in [-0.25, -0.2) is 4.98 Å². The number of aromatic nitrogens is 1. The van der Waals surface area contributed by atoms with Crippen LogP contribution in [0.1, 0.15) is 37.4 Å². The first-order valence-corrected chi connectivity index (χ1v) is 7.00. The van der Waals surface area contributed by atoms with Crippen molar-refractivity contribution in [1.29, 1.82) is 5.41 Å². The van der Waals surface area contributed by atoms with E-state index in [1.54, 1.807) is 0 Å². The van der Waals surface area contributed by atoms with E-state index in [0.29, 0.717) is 19.0 Å². The third kappa shape index (κ3) is 3.86. The topological polar surface area (TPSA) is 66.0 Å². The van der Waals surface area contributed by atoms with Gasteiger partial charge in [-0.2, -0.15) is 13.2 Å². The smallest absolute Gasteiger partial charge is 0.384 e. The monoisotopic (exact) mass is 300 g/mol. The SMILES string of the molecule is CCCN(CC1CC1)c1nc(C(F)(F)F)ccc1C(=N)N. The molecule has 0 bridgehead atoms. The molecule has 1 fully saturated rings. The summed E-state index contributed by atoms with van der Waals surface area (Å²) < 4.78 is 38.6. The van der Waals surface area contributed by atoms with Crippen molar-refractivity contribution in [3.8, 4) is 0 Å². The predicted octanol–water partition coefficient (Wildman–Crippen LogP) is 3.01. The maximum absolute atomic E-state index is 12.9. The van der Waals surface area contributed by atoms with Gasteiger partial charge in [-0.3, -0.25) is 5.41 Å². The number of pyridine rings is 1. The number of alkyl halides is 3. The maximum atomic E-state index is 12.9. The molecule has 1 saturated carbocycles. The number of hydrogen-bond acceptors (Lipinski definition) is 3. The van der Waals surface area contributed by atoms with Gasteiger partial charge in [0.15, 0.2) is 0 Å². The molecule has 0 radical (unpaired) electrons. The van der Waals surface area contributed by atoms with Gasteiger partial charge in [-0.05, 0) is 37.3 Å². The van der Waals surface area contributed by atoms with Crippen molar-refractivity contribution < 1.29 is 13.2 Å². The van der Waals surface area contributed by atoms with Gasteiger partial charge in [0.25, 0.3) is 0 Å². The summed E-state index contributed by atoms with van der Waals surface area (Å²) in [5.74, 6) is 0.418. The maximum Gasteiger partial charge on any atom is 0.433 e. The fourth-order valence-corrected chi connectivity index (χ4v) is 2.22. The molecule has 3 N–H and O–H groups in total. The lowest BCUT2D eigenvalue weighted by Gasteiger charge is -2.26. The number of hydrogen-bond donors (Lipinski definition) is 2. The molecule has 4 nitrogen and oxygen atoms in total. The Labute approximate surface area is 121 Å². The molecule has 0 unspecified atom stereocenters. The van der Waals surface area contributed by atoms with Crippen LogP contribution in [0.15, 0.2) is 12.1 Å². The lowest BCUT2D eigenvalue weighted by Crippen LogP contribution is -2.31. The molecule has 0 saturated heterocycles. The largest absolute Gasteiger partial charge is 0.433 e. The Kier molecular flexibility index (Phi) is 4.39. The second kappa shape index (κ2) is 5.91. The zero-order valence-electron chi connectivity index (χ0n) is 11.9. The third-order valence-corrected chi connectivity index (χ3v) is 3.42. The molecule has 0 atom stereocenters. The Hall–Kier alpha value is -1.79. The molecular formula is C14H19F3N4. The summed E-state index contributed by atoms with van der Waals surface area (Å²) in [6, 6.07) is 2.12. The lowest BCUT2D eigenvalue weighted by molar-refractivity contribution is -0.141. The van der Waals surface area contributed by atoms with Gasteiger partial charge < -0.3 is 10.6 Å². The minimum absolute atomic E-state index is 0.172. The van der Waals surface area contributed by atoms with Gasteiger partial charge in [-0.1, -0.05) is 6.92 Å². The number of halogens is 3. The number of anilines is 1. The van der Waals surface area contributed by atoms with Gasteiger partial charge in [-0.15, -0.1) is 0 Å². The van der Waals surface area contributed by atoms with E-state index in [4.69, 9.17) is 11.1 Å². The van der Waals surface area contributed by atoms with Crippen LogP contribution >= 0.6 is 0 Å². The molecule has 21 heavy (non-hydrogen) atoms. The molecule has 2 rings (SSSR count). The lowest BCUT2D eigenvalue weighted by atomic mass is 10.2. The summed E-state index contributed by atoms with van der Waals surface area (Å²) in [4.78, 5) is 5.57. The highest BCUT2D eigenvalue weighted by atomic mass is 19.4. The third-order valence-electron chi connectivity index (χ3n) is 3.42. The number of amidine groups is 1. The standard InChI is InChI=1S/C14H19F3N4/c1-2-7-21(8-9-3-4-9)13-10(12(18)19)5-6-11(20-13)14(15,16)17/h5-6,9H,2-4,7-8H2,1H3,(H3,18,19). The molecule has 0 amide bonds. The Bertz CT molecular complexity index is 523. The first-order chi connectivity index (χ1) is 9.82. The molecule has 0 spiro atoms. The second-order valence-corrected chi connectivity index (χ2v) is 5.37. The Morgan fingerprint density at radius 2 is 2.10 bits per heavy atom. The van der Waals surface area contributed by atoms with Gasteiger partial charge in [0, 0.05) is 13.1 Å². The van der Waals surface area contributed by atoms with Crippen molar-refractivity contribution in [2.45, 2.75) is 32.4 Å². The number of nitrogen functional groups attached to an aromatic ring is 1. The van der Waals surface area contributed by atoms with Crippen molar-refractivity contribution >= 4 is 11.7 Å². The fraction of sp³-hybridized carbons (Fsp3) is 0.571. The molecule has 1 aliphatic rings. The summed E-state index contributed by atoms with van der Waals surface area (Å²) in [6.07, 6.45) is -1.52.